The van der Waals surface area contributed by atoms with Crippen LogP contribution in [0.15, 0.2) is 91.0 Å². The van der Waals surface area contributed by atoms with Crippen molar-refractivity contribution in [2.24, 2.45) is 0 Å². The first-order valence-corrected chi connectivity index (χ1v) is 9.87. The fourth-order valence-corrected chi connectivity index (χ4v) is 3.94. The van der Waals surface area contributed by atoms with Crippen molar-refractivity contribution in [3.8, 4) is 11.5 Å². The van der Waals surface area contributed by atoms with Gasteiger partial charge in [0.2, 0.25) is 0 Å². The molecule has 0 amide bonds. The lowest BCUT2D eigenvalue weighted by molar-refractivity contribution is 0.408. The lowest BCUT2D eigenvalue weighted by Gasteiger charge is -2.21. The van der Waals surface area contributed by atoms with Gasteiger partial charge in [0.25, 0.3) is 0 Å². The SMILES string of the molecule is COc1ccccc1C[C](Cc1ccccc1OC)c1cccc2ccccc12. The van der Waals surface area contributed by atoms with Gasteiger partial charge in [0.05, 0.1) is 14.2 Å². The van der Waals surface area contributed by atoms with E-state index in [-0.39, 0.29) is 0 Å². The highest BCUT2D eigenvalue weighted by Gasteiger charge is 2.20. The topological polar surface area (TPSA) is 18.5 Å². The number of benzene rings is 4. The molecule has 0 saturated heterocycles. The van der Waals surface area contributed by atoms with Crippen LogP contribution in [0.25, 0.3) is 10.8 Å². The third kappa shape index (κ3) is 4.12. The zero-order chi connectivity index (χ0) is 20.1. The van der Waals surface area contributed by atoms with Gasteiger partial charge in [0.15, 0.2) is 0 Å². The molecule has 0 heterocycles. The maximum atomic E-state index is 5.63. The lowest BCUT2D eigenvalue weighted by Crippen LogP contribution is -2.10. The molecular weight excluding hydrogens is 356 g/mol. The molecule has 0 N–H and O–H groups in total. The summed E-state index contributed by atoms with van der Waals surface area (Å²) in [5.41, 5.74) is 3.65. The molecule has 29 heavy (non-hydrogen) atoms. The Balaban J connectivity index is 1.80. The molecule has 145 valence electrons. The van der Waals surface area contributed by atoms with E-state index in [2.05, 4.69) is 66.7 Å². The largest absolute Gasteiger partial charge is 0.496 e. The standard InChI is InChI=1S/C27H25O2/c1-28-26-16-7-4-11-21(26)18-23(19-22-12-5-8-17-27(22)29-2)25-15-9-13-20-10-3-6-14-24(20)25/h3-17H,18-19H2,1-2H3. The molecule has 0 aliphatic heterocycles. The van der Waals surface area contributed by atoms with Crippen LogP contribution in [0.2, 0.25) is 0 Å². The predicted octanol–water partition coefficient (Wildman–Crippen LogP) is 6.26. The zero-order valence-electron chi connectivity index (χ0n) is 16.9. The highest BCUT2D eigenvalue weighted by molar-refractivity contribution is 5.87. The van der Waals surface area contributed by atoms with E-state index >= 15 is 0 Å². The fourth-order valence-electron chi connectivity index (χ4n) is 3.94. The van der Waals surface area contributed by atoms with Gasteiger partial charge in [-0.15, -0.1) is 0 Å². The van der Waals surface area contributed by atoms with E-state index in [0.717, 1.165) is 24.3 Å². The maximum Gasteiger partial charge on any atom is 0.122 e. The van der Waals surface area contributed by atoms with Crippen molar-refractivity contribution < 1.29 is 9.47 Å². The van der Waals surface area contributed by atoms with Gasteiger partial charge in [-0.25, -0.2) is 0 Å². The zero-order valence-corrected chi connectivity index (χ0v) is 16.9. The van der Waals surface area contributed by atoms with E-state index < -0.39 is 0 Å². The van der Waals surface area contributed by atoms with Gasteiger partial charge in [-0.05, 0) is 52.4 Å². The highest BCUT2D eigenvalue weighted by Crippen LogP contribution is 2.34. The van der Waals surface area contributed by atoms with Gasteiger partial charge in [-0.3, -0.25) is 0 Å². The predicted molar refractivity (Wildman–Crippen MR) is 120 cm³/mol. The van der Waals surface area contributed by atoms with Gasteiger partial charge < -0.3 is 9.47 Å². The number of hydrogen-bond donors (Lipinski definition) is 0. The average molecular weight is 381 g/mol. The minimum absolute atomic E-state index is 0.816. The molecule has 0 fully saturated rings. The molecule has 4 aromatic carbocycles. The maximum absolute atomic E-state index is 5.63. The molecule has 1 radical (unpaired) electrons. The summed E-state index contributed by atoms with van der Waals surface area (Å²) in [6.07, 6.45) is 1.63. The van der Waals surface area contributed by atoms with Gasteiger partial charge in [-0.2, -0.15) is 0 Å². The first-order chi connectivity index (χ1) is 14.3. The number of methoxy groups -OCH3 is 2. The summed E-state index contributed by atoms with van der Waals surface area (Å²) in [4.78, 5) is 0. The number of hydrogen-bond acceptors (Lipinski definition) is 2. The molecule has 2 nitrogen and oxygen atoms in total. The molecule has 4 rings (SSSR count). The van der Waals surface area contributed by atoms with Crippen LogP contribution in [0.3, 0.4) is 0 Å². The molecule has 0 aliphatic carbocycles. The summed E-state index contributed by atoms with van der Waals surface area (Å²) in [5, 5.41) is 2.53. The van der Waals surface area contributed by atoms with E-state index in [1.807, 2.05) is 24.3 Å². The summed E-state index contributed by atoms with van der Waals surface area (Å²) >= 11 is 0. The van der Waals surface area contributed by atoms with Crippen molar-refractivity contribution in [2.75, 3.05) is 14.2 Å². The number of ether oxygens (including phenoxy) is 2. The molecule has 0 saturated carbocycles. The van der Waals surface area contributed by atoms with Crippen LogP contribution >= 0.6 is 0 Å². The van der Waals surface area contributed by atoms with Crippen molar-refractivity contribution >= 4 is 10.8 Å². The molecule has 4 aromatic rings. The number of rotatable bonds is 7. The Morgan fingerprint density at radius 2 is 1.10 bits per heavy atom. The Bertz CT molecular complexity index is 1050. The van der Waals surface area contributed by atoms with E-state index in [4.69, 9.17) is 9.47 Å². The Morgan fingerprint density at radius 1 is 0.586 bits per heavy atom. The van der Waals surface area contributed by atoms with Gasteiger partial charge in [-0.1, -0.05) is 78.9 Å². The fraction of sp³-hybridized carbons (Fsp3) is 0.148. The lowest BCUT2D eigenvalue weighted by atomic mass is 9.84. The van der Waals surface area contributed by atoms with Crippen molar-refractivity contribution in [3.05, 3.63) is 114 Å². The number of fused-ring (bicyclic) bond motifs is 1. The molecule has 2 heteroatoms. The first-order valence-electron chi connectivity index (χ1n) is 9.87. The van der Waals surface area contributed by atoms with Crippen molar-refractivity contribution in [1.29, 1.82) is 0 Å². The van der Waals surface area contributed by atoms with Crippen LogP contribution in [0.4, 0.5) is 0 Å². The second kappa shape index (κ2) is 8.83. The van der Waals surface area contributed by atoms with Crippen LogP contribution < -0.4 is 9.47 Å². The van der Waals surface area contributed by atoms with Crippen LogP contribution in [0, 0.1) is 5.92 Å². The quantitative estimate of drug-likeness (QED) is 0.376. The van der Waals surface area contributed by atoms with Crippen LogP contribution in [-0.4, -0.2) is 14.2 Å². The summed E-state index contributed by atoms with van der Waals surface area (Å²) < 4.78 is 11.3. The normalized spacial score (nSPS) is 11.0. The van der Waals surface area contributed by atoms with Crippen LogP contribution in [0.1, 0.15) is 16.7 Å². The molecule has 0 bridgehead atoms. The first kappa shape index (κ1) is 19.1. The highest BCUT2D eigenvalue weighted by atomic mass is 16.5. The summed E-state index contributed by atoms with van der Waals surface area (Å²) in [6.45, 7) is 0. The second-order valence-electron chi connectivity index (χ2n) is 7.11. The molecule has 0 atom stereocenters. The van der Waals surface area contributed by atoms with E-state index in [1.165, 1.54) is 33.4 Å². The summed E-state index contributed by atoms with van der Waals surface area (Å²) in [5.74, 6) is 3.19. The minimum Gasteiger partial charge on any atom is -0.496 e. The van der Waals surface area contributed by atoms with Crippen LogP contribution in [0.5, 0.6) is 11.5 Å². The summed E-state index contributed by atoms with van der Waals surface area (Å²) in [7, 11) is 3.47. The molecule has 0 spiro atoms. The van der Waals surface area contributed by atoms with Gasteiger partial charge in [0, 0.05) is 5.92 Å². The Kier molecular flexibility index (Phi) is 5.81. The molecule has 0 aliphatic rings. The smallest absolute Gasteiger partial charge is 0.122 e. The molecular formula is C27H25O2. The van der Waals surface area contributed by atoms with Gasteiger partial charge in [0.1, 0.15) is 11.5 Å². The monoisotopic (exact) mass is 381 g/mol. The van der Waals surface area contributed by atoms with Crippen LogP contribution in [-0.2, 0) is 12.8 Å². The average Bonchev–Trinajstić information content (AvgIpc) is 2.79. The van der Waals surface area contributed by atoms with Gasteiger partial charge >= 0.3 is 0 Å². The van der Waals surface area contributed by atoms with Crippen molar-refractivity contribution in [2.45, 2.75) is 12.8 Å². The minimum atomic E-state index is 0.816. The molecule has 0 unspecified atom stereocenters. The van der Waals surface area contributed by atoms with E-state index in [1.54, 1.807) is 14.2 Å². The third-order valence-electron chi connectivity index (χ3n) is 5.36. The molecule has 0 aromatic heterocycles. The van der Waals surface area contributed by atoms with E-state index in [9.17, 15) is 0 Å². The van der Waals surface area contributed by atoms with Crippen molar-refractivity contribution in [3.63, 3.8) is 0 Å². The number of para-hydroxylation sites is 2. The second-order valence-corrected chi connectivity index (χ2v) is 7.11. The third-order valence-corrected chi connectivity index (χ3v) is 5.36. The summed E-state index contributed by atoms with van der Waals surface area (Å²) in [6, 6.07) is 31.6. The Morgan fingerprint density at radius 3 is 1.72 bits per heavy atom. The van der Waals surface area contributed by atoms with E-state index in [0.29, 0.717) is 0 Å². The Hall–Kier alpha value is -3.26. The van der Waals surface area contributed by atoms with Crippen molar-refractivity contribution in [1.82, 2.24) is 0 Å². The Labute approximate surface area is 172 Å².